The van der Waals surface area contributed by atoms with Gasteiger partial charge in [-0.05, 0) is 297 Å². The van der Waals surface area contributed by atoms with E-state index in [2.05, 4.69) is 201 Å². The highest BCUT2D eigenvalue weighted by Gasteiger charge is 2.48. The number of imide groups is 2. The van der Waals surface area contributed by atoms with Gasteiger partial charge in [0.15, 0.2) is 0 Å². The van der Waals surface area contributed by atoms with Crippen molar-refractivity contribution in [3.8, 4) is 22.3 Å². The van der Waals surface area contributed by atoms with Crippen molar-refractivity contribution < 1.29 is 19.2 Å². The van der Waals surface area contributed by atoms with E-state index in [4.69, 9.17) is 11.5 Å². The van der Waals surface area contributed by atoms with E-state index in [9.17, 15) is 0 Å². The molecule has 13 aromatic rings. The lowest BCUT2D eigenvalue weighted by molar-refractivity contribution is 0.0877. The molecule has 0 aromatic heterocycles. The van der Waals surface area contributed by atoms with Gasteiger partial charge >= 0.3 is 0 Å². The molecule has 4 amide bonds. The van der Waals surface area contributed by atoms with E-state index in [0.29, 0.717) is 45.0 Å². The van der Waals surface area contributed by atoms with E-state index in [-0.39, 0.29) is 59.1 Å². The van der Waals surface area contributed by atoms with Gasteiger partial charge in [-0.15, -0.1) is 0 Å². The Morgan fingerprint density at radius 3 is 0.850 bits per heavy atom. The second-order valence-electron chi connectivity index (χ2n) is 30.4. The Bertz CT molecular complexity index is 6110. The number of carbonyl (C=O) groups excluding carboxylic acids is 4. The van der Waals surface area contributed by atoms with E-state index in [1.165, 1.54) is 97.8 Å². The minimum Gasteiger partial charge on any atom is -0.399 e. The Kier molecular flexibility index (Phi) is 11.2. The molecule has 0 saturated heterocycles. The maximum Gasteiger partial charge on any atom is 0.266 e. The van der Waals surface area contributed by atoms with Gasteiger partial charge in [0, 0.05) is 56.2 Å². The van der Waals surface area contributed by atoms with Crippen molar-refractivity contribution in [2.45, 2.75) is 79.1 Å². The number of hydrogen-bond acceptors (Lipinski definition) is 6. The summed E-state index contributed by atoms with van der Waals surface area (Å²) < 4.78 is 0. The predicted octanol–water partition coefficient (Wildman–Crippen LogP) is 22.3. The first-order valence-corrected chi connectivity index (χ1v) is 35.3. The highest BCUT2D eigenvalue weighted by atomic mass is 16.2. The zero-order valence-electron chi connectivity index (χ0n) is 56.6. The Morgan fingerprint density at radius 2 is 0.530 bits per heavy atom. The molecule has 4 N–H and O–H groups in total. The van der Waals surface area contributed by atoms with Gasteiger partial charge in [-0.3, -0.25) is 19.2 Å². The molecule has 0 atom stereocenters. The summed E-state index contributed by atoms with van der Waals surface area (Å²) in [4.78, 5) is 63.0. The van der Waals surface area contributed by atoms with Gasteiger partial charge < -0.3 is 11.5 Å². The first kappa shape index (κ1) is 57.3. The summed E-state index contributed by atoms with van der Waals surface area (Å²) in [7, 11) is 0. The molecule has 0 spiro atoms. The van der Waals surface area contributed by atoms with Gasteiger partial charge in [0.2, 0.25) is 0 Å². The summed E-state index contributed by atoms with van der Waals surface area (Å²) in [5, 5.41) is 14.9. The fourth-order valence-corrected chi connectivity index (χ4v) is 19.3. The second kappa shape index (κ2) is 19.5. The number of fused-ring (bicyclic) bond motifs is 14. The SMILES string of the molecule is CC(C)c1cc(N)cc(C(C)C)c1N1C(=O)c2ccc3c4c(ccc(c24)C1=O)C1=CC=C2c4cc5cc6c(cc5cc4C4=CC=C3C1C42)C=Cc1cc2cc3c(cc2cc1C=C6)-c1ccc2c4ccc5c6c(ccc(c7ccc-3c1c72)c64)C(=O)N(c1c(C(C)C)cc(N)cc1C(C)C)C5=O. The lowest BCUT2D eigenvalue weighted by Gasteiger charge is -2.41. The Morgan fingerprint density at radius 1 is 0.280 bits per heavy atom. The van der Waals surface area contributed by atoms with E-state index in [0.717, 1.165) is 98.7 Å². The van der Waals surface area contributed by atoms with Gasteiger partial charge in [-0.1, -0.05) is 153 Å². The molecule has 21 rings (SSSR count). The lowest BCUT2D eigenvalue weighted by atomic mass is 9.62. The number of rotatable bonds is 6. The number of nitrogen functional groups attached to an aromatic ring is 2. The van der Waals surface area contributed by atoms with Crippen molar-refractivity contribution in [2.24, 2.45) is 11.8 Å². The molecular weight excluding hydrogens is 1230 g/mol. The van der Waals surface area contributed by atoms with Crippen LogP contribution in [0.4, 0.5) is 22.7 Å². The summed E-state index contributed by atoms with van der Waals surface area (Å²) in [6, 6.07) is 52.1. The number of carbonyl (C=O) groups is 4. The smallest absolute Gasteiger partial charge is 0.266 e. The van der Waals surface area contributed by atoms with Crippen molar-refractivity contribution in [1.82, 2.24) is 0 Å². The first-order chi connectivity index (χ1) is 48.4. The van der Waals surface area contributed by atoms with Crippen LogP contribution in [0.2, 0.25) is 0 Å². The lowest BCUT2D eigenvalue weighted by Crippen LogP contribution is -2.42. The van der Waals surface area contributed by atoms with Crippen LogP contribution in [0.15, 0.2) is 170 Å². The average Bonchev–Trinajstić information content (AvgIpc) is 1.20. The maximum absolute atomic E-state index is 15.0. The predicted molar refractivity (Wildman–Crippen MR) is 415 cm³/mol. The van der Waals surface area contributed by atoms with Crippen LogP contribution in [-0.4, -0.2) is 23.6 Å². The average molecular weight is 1290 g/mol. The molecular formula is C92H66N4O4. The van der Waals surface area contributed by atoms with Crippen LogP contribution in [-0.2, 0) is 0 Å². The maximum atomic E-state index is 15.0. The van der Waals surface area contributed by atoms with Gasteiger partial charge in [0.05, 0.1) is 11.4 Å². The van der Waals surface area contributed by atoms with Crippen LogP contribution < -0.4 is 21.3 Å². The molecule has 0 fully saturated rings. The molecule has 8 aliphatic rings. The Labute approximate surface area is 577 Å². The number of amides is 4. The quantitative estimate of drug-likeness (QED) is 0.0739. The Balaban J connectivity index is 0.620. The molecule has 0 radical (unpaired) electrons. The van der Waals surface area contributed by atoms with E-state index in [1.54, 1.807) is 0 Å². The third-order valence-electron chi connectivity index (χ3n) is 23.7. The fourth-order valence-electron chi connectivity index (χ4n) is 19.3. The molecule has 0 saturated carbocycles. The summed E-state index contributed by atoms with van der Waals surface area (Å²) in [5.41, 5.74) is 40.5. The topological polar surface area (TPSA) is 127 Å². The van der Waals surface area contributed by atoms with Gasteiger partial charge in [-0.2, -0.15) is 0 Å². The van der Waals surface area contributed by atoms with Gasteiger partial charge in [0.25, 0.3) is 23.6 Å². The largest absolute Gasteiger partial charge is 0.399 e. The molecule has 2 aliphatic heterocycles. The van der Waals surface area contributed by atoms with E-state index < -0.39 is 0 Å². The molecule has 100 heavy (non-hydrogen) atoms. The summed E-state index contributed by atoms with van der Waals surface area (Å²) >= 11 is 0. The summed E-state index contributed by atoms with van der Waals surface area (Å²) in [6.07, 6.45) is 18.4. The third kappa shape index (κ3) is 7.24. The molecule has 2 heterocycles. The van der Waals surface area contributed by atoms with Crippen molar-refractivity contribution in [2.75, 3.05) is 21.3 Å². The number of nitrogens with two attached hydrogens (primary N) is 2. The summed E-state index contributed by atoms with van der Waals surface area (Å²) in [6.45, 7) is 16.7. The molecule has 0 bridgehead atoms. The molecule has 13 aromatic carbocycles. The Hall–Kier alpha value is -11.7. The van der Waals surface area contributed by atoms with Crippen LogP contribution in [0.25, 0.3) is 144 Å². The zero-order valence-corrected chi connectivity index (χ0v) is 56.6. The van der Waals surface area contributed by atoms with Crippen molar-refractivity contribution >= 4 is 168 Å². The van der Waals surface area contributed by atoms with Crippen molar-refractivity contribution in [3.05, 3.63) is 259 Å². The monoisotopic (exact) mass is 1290 g/mol. The zero-order chi connectivity index (χ0) is 67.8. The molecule has 6 aliphatic carbocycles. The van der Waals surface area contributed by atoms with Crippen LogP contribution in [0, 0.1) is 11.8 Å². The molecule has 8 heteroatoms. The number of nitrogens with zero attached hydrogens (tertiary/aromatic N) is 2. The van der Waals surface area contributed by atoms with Crippen LogP contribution in [0.5, 0.6) is 0 Å². The van der Waals surface area contributed by atoms with Crippen LogP contribution in [0.3, 0.4) is 0 Å². The van der Waals surface area contributed by atoms with Crippen LogP contribution >= 0.6 is 0 Å². The number of anilines is 4. The first-order valence-electron chi connectivity index (χ1n) is 35.3. The normalized spacial score (nSPS) is 17.2. The number of benzene rings is 13. The number of allylic oxidation sites excluding steroid dienone is 8. The van der Waals surface area contributed by atoms with E-state index in [1.807, 2.05) is 48.5 Å². The van der Waals surface area contributed by atoms with Gasteiger partial charge in [-0.25, -0.2) is 9.80 Å². The highest BCUT2D eigenvalue weighted by molar-refractivity contribution is 6.44. The van der Waals surface area contributed by atoms with E-state index >= 15 is 19.2 Å². The molecule has 8 nitrogen and oxygen atoms in total. The molecule has 478 valence electrons. The van der Waals surface area contributed by atoms with Crippen LogP contribution in [0.1, 0.15) is 187 Å². The summed E-state index contributed by atoms with van der Waals surface area (Å²) in [5.74, 6) is -0.903. The van der Waals surface area contributed by atoms with Crippen molar-refractivity contribution in [1.29, 1.82) is 0 Å². The second-order valence-corrected chi connectivity index (χ2v) is 30.4. The fraction of sp³-hybridized carbons (Fsp3) is 0.152. The molecule has 0 unspecified atom stereocenters. The van der Waals surface area contributed by atoms with Gasteiger partial charge in [0.1, 0.15) is 0 Å². The number of hydrogen-bond donors (Lipinski definition) is 2. The standard InChI is InChI=1S/C92H66N4O4/c1-41(2)71-37-53(93)38-72(42(3)4)87(71)95-89(97)67-25-21-59-55-13-17-63-75-33-49-29-45-9-11-47-31-51-35-77-65-19-15-57-61-23-27-69-86-70(92(100)96(91(69)99)88-73(43(5)6)39-54(94)40-74(88)44(7)8)28-24-62(82(61)86)58-16-20-66(84(65)80(57)58)78(77)36-52(51)32-48(47)12-10-46(45)30-50(49)34-76(75)64-18-14-56(79(55)83(63)64)60-22-26-68(90(95)98)85(67)81(59)60/h9-44,79,83H,93-94H2,1-8H3. The van der Waals surface area contributed by atoms with Crippen molar-refractivity contribution in [3.63, 3.8) is 0 Å². The third-order valence-corrected chi connectivity index (χ3v) is 23.7. The minimum absolute atomic E-state index is 0.0274. The minimum atomic E-state index is -0.309. The highest BCUT2D eigenvalue weighted by Crippen LogP contribution is 2.64.